The zero-order chi connectivity index (χ0) is 32.3. The number of aryl methyl sites for hydroxylation is 1. The maximum absolute atomic E-state index is 15.2. The molecule has 5 heterocycles. The van der Waals surface area contributed by atoms with Gasteiger partial charge in [0, 0.05) is 56.5 Å². The quantitative estimate of drug-likeness (QED) is 0.307. The molecule has 7 rings (SSSR count). The van der Waals surface area contributed by atoms with Gasteiger partial charge in [-0.15, -0.1) is 0 Å². The summed E-state index contributed by atoms with van der Waals surface area (Å²) in [7, 11) is 1.54. The lowest BCUT2D eigenvalue weighted by atomic mass is 9.88. The van der Waals surface area contributed by atoms with Crippen molar-refractivity contribution in [3.05, 3.63) is 59.0 Å². The van der Waals surface area contributed by atoms with E-state index in [1.807, 2.05) is 24.0 Å². The fraction of sp³-hybridized carbons (Fsp3) is 0.514. The molecule has 4 aromatic rings. The predicted molar refractivity (Wildman–Crippen MR) is 172 cm³/mol. The van der Waals surface area contributed by atoms with Crippen LogP contribution in [-0.4, -0.2) is 87.4 Å². The molecule has 3 aromatic heterocycles. The van der Waals surface area contributed by atoms with Crippen LogP contribution in [0, 0.1) is 18.7 Å². The minimum Gasteiger partial charge on any atom is -0.372 e. The number of likely N-dealkylation sites (tertiary alicyclic amines) is 2. The summed E-state index contributed by atoms with van der Waals surface area (Å²) in [6.45, 7) is 6.17. The van der Waals surface area contributed by atoms with Crippen molar-refractivity contribution < 1.29 is 23.1 Å². The number of aromatic nitrogens is 3. The Labute approximate surface area is 267 Å². The number of halogens is 2. The predicted octanol–water partition coefficient (Wildman–Crippen LogP) is 5.07. The third-order valence-corrected chi connectivity index (χ3v) is 10.2. The lowest BCUT2D eigenvalue weighted by Crippen LogP contribution is -2.50. The van der Waals surface area contributed by atoms with Crippen molar-refractivity contribution in [2.45, 2.75) is 76.7 Å². The third-order valence-electron chi connectivity index (χ3n) is 10.2. The maximum atomic E-state index is 15.2. The molecule has 11 heteroatoms. The standard InChI is InChI=1S/C35H42F2N6O3/c1-20-30-7-6-24(35(45)41-18-27(37)14-28(38)19-41)17-43(30)39-32(20)31-13-25-12-26(36)15-29(33(25)42(31)16-22-4-5-22)23-8-10-40(11-9-23)34(44)21(2)46-3/h6-7,12-13,15,17,21-23,27-28H,4-5,8-11,14,16,18-19,38H2,1-3H3/t21-,27-,28-/m1/s1. The SMILES string of the molecule is CO[C@H](C)C(=O)N1CCC(c2cc(F)cc3cc(-c4nn5cc(C(=O)N6C[C@H](N)C[C@@H](F)C6)ccc5c4C)n(CC4CC4)c23)CC1. The van der Waals surface area contributed by atoms with E-state index in [-0.39, 0.29) is 42.6 Å². The first-order valence-corrected chi connectivity index (χ1v) is 16.4. The summed E-state index contributed by atoms with van der Waals surface area (Å²) in [5.74, 6) is 0.124. The van der Waals surface area contributed by atoms with E-state index >= 15 is 4.39 Å². The van der Waals surface area contributed by atoms with Crippen molar-refractivity contribution in [1.29, 1.82) is 0 Å². The second kappa shape index (κ2) is 12.1. The van der Waals surface area contributed by atoms with Crippen LogP contribution in [0.4, 0.5) is 8.78 Å². The van der Waals surface area contributed by atoms with Crippen molar-refractivity contribution in [2.75, 3.05) is 33.3 Å². The van der Waals surface area contributed by atoms with Crippen LogP contribution in [0.25, 0.3) is 27.8 Å². The summed E-state index contributed by atoms with van der Waals surface area (Å²) in [5.41, 5.74) is 12.0. The van der Waals surface area contributed by atoms with Gasteiger partial charge in [0.25, 0.3) is 11.8 Å². The highest BCUT2D eigenvalue weighted by Gasteiger charge is 2.32. The van der Waals surface area contributed by atoms with Gasteiger partial charge in [-0.2, -0.15) is 5.10 Å². The number of pyridine rings is 1. The molecule has 3 aliphatic rings. The largest absolute Gasteiger partial charge is 0.372 e. The summed E-state index contributed by atoms with van der Waals surface area (Å²) < 4.78 is 38.7. The maximum Gasteiger partial charge on any atom is 0.255 e. The first-order chi connectivity index (χ1) is 22.1. The Morgan fingerprint density at radius 2 is 1.85 bits per heavy atom. The van der Waals surface area contributed by atoms with Crippen molar-refractivity contribution in [2.24, 2.45) is 11.7 Å². The molecule has 2 N–H and O–H groups in total. The van der Waals surface area contributed by atoms with Crippen LogP contribution < -0.4 is 5.73 Å². The number of hydrogen-bond acceptors (Lipinski definition) is 5. The van der Waals surface area contributed by atoms with E-state index in [1.54, 1.807) is 42.9 Å². The number of hydrogen-bond donors (Lipinski definition) is 1. The molecule has 1 aliphatic carbocycles. The zero-order valence-electron chi connectivity index (χ0n) is 26.7. The van der Waals surface area contributed by atoms with Gasteiger partial charge in [-0.05, 0) is 93.7 Å². The number of alkyl halides is 1. The average molecular weight is 633 g/mol. The van der Waals surface area contributed by atoms with E-state index in [4.69, 9.17) is 15.6 Å². The number of ether oxygens (including phenoxy) is 1. The van der Waals surface area contributed by atoms with E-state index in [0.29, 0.717) is 31.1 Å². The summed E-state index contributed by atoms with van der Waals surface area (Å²) in [6, 6.07) is 8.59. The number of piperidine rings is 2. The van der Waals surface area contributed by atoms with Gasteiger partial charge in [0.05, 0.1) is 28.8 Å². The van der Waals surface area contributed by atoms with Gasteiger partial charge in [0.15, 0.2) is 0 Å². The molecule has 244 valence electrons. The van der Waals surface area contributed by atoms with Gasteiger partial charge in [-0.1, -0.05) is 0 Å². The Morgan fingerprint density at radius 1 is 1.09 bits per heavy atom. The van der Waals surface area contributed by atoms with Crippen molar-refractivity contribution >= 4 is 28.2 Å². The molecule has 9 nitrogen and oxygen atoms in total. The van der Waals surface area contributed by atoms with Gasteiger partial charge < -0.3 is 24.8 Å². The average Bonchev–Trinajstić information content (AvgIpc) is 3.72. The highest BCUT2D eigenvalue weighted by Crippen LogP contribution is 2.41. The Kier molecular flexibility index (Phi) is 8.09. The number of nitrogens with zero attached hydrogens (tertiary/aromatic N) is 5. The summed E-state index contributed by atoms with van der Waals surface area (Å²) >= 11 is 0. The Balaban J connectivity index is 1.25. The first-order valence-electron chi connectivity index (χ1n) is 16.4. The minimum atomic E-state index is -1.13. The number of carbonyl (C=O) groups excluding carboxylic acids is 2. The fourth-order valence-electron chi connectivity index (χ4n) is 7.40. The first kappa shape index (κ1) is 30.8. The van der Waals surface area contributed by atoms with Gasteiger partial charge in [0.1, 0.15) is 23.8 Å². The number of benzene rings is 1. The van der Waals surface area contributed by atoms with E-state index in [1.165, 1.54) is 4.90 Å². The number of carbonyl (C=O) groups is 2. The summed E-state index contributed by atoms with van der Waals surface area (Å²) in [5, 5.41) is 5.82. The molecular weight excluding hydrogens is 590 g/mol. The second-order valence-electron chi connectivity index (χ2n) is 13.5. The number of rotatable bonds is 7. The van der Waals surface area contributed by atoms with Crippen molar-refractivity contribution in [1.82, 2.24) is 24.0 Å². The zero-order valence-corrected chi connectivity index (χ0v) is 26.7. The van der Waals surface area contributed by atoms with Crippen LogP contribution in [0.2, 0.25) is 0 Å². The monoisotopic (exact) mass is 632 g/mol. The van der Waals surface area contributed by atoms with Gasteiger partial charge >= 0.3 is 0 Å². The highest BCUT2D eigenvalue weighted by molar-refractivity contribution is 5.95. The Bertz CT molecular complexity index is 1790. The highest BCUT2D eigenvalue weighted by atomic mass is 19.1. The number of amides is 2. The fourth-order valence-corrected chi connectivity index (χ4v) is 7.40. The molecule has 3 fully saturated rings. The number of methoxy groups -OCH3 is 1. The lowest BCUT2D eigenvalue weighted by Gasteiger charge is -2.34. The molecule has 0 bridgehead atoms. The van der Waals surface area contributed by atoms with Crippen LogP contribution in [0.1, 0.15) is 66.4 Å². The molecule has 2 saturated heterocycles. The molecular formula is C35H42F2N6O3. The molecule has 2 aliphatic heterocycles. The Hall–Kier alpha value is -3.83. The van der Waals surface area contributed by atoms with Crippen molar-refractivity contribution in [3.63, 3.8) is 0 Å². The minimum absolute atomic E-state index is 0.0111. The van der Waals surface area contributed by atoms with Crippen LogP contribution in [0.5, 0.6) is 0 Å². The van der Waals surface area contributed by atoms with E-state index in [2.05, 4.69) is 4.57 Å². The van der Waals surface area contributed by atoms with Crippen LogP contribution >= 0.6 is 0 Å². The normalized spacial score (nSPS) is 21.8. The molecule has 0 radical (unpaired) electrons. The van der Waals surface area contributed by atoms with Crippen molar-refractivity contribution in [3.8, 4) is 11.4 Å². The smallest absolute Gasteiger partial charge is 0.255 e. The summed E-state index contributed by atoms with van der Waals surface area (Å²) in [4.78, 5) is 29.4. The molecule has 46 heavy (non-hydrogen) atoms. The van der Waals surface area contributed by atoms with Crippen LogP contribution in [-0.2, 0) is 16.1 Å². The molecule has 0 spiro atoms. The number of fused-ring (bicyclic) bond motifs is 2. The number of nitrogens with two attached hydrogens (primary N) is 1. The molecule has 1 aromatic carbocycles. The molecule has 1 saturated carbocycles. The topological polar surface area (TPSA) is 98.1 Å². The van der Waals surface area contributed by atoms with Crippen LogP contribution in [0.3, 0.4) is 0 Å². The molecule has 0 unspecified atom stereocenters. The molecule has 2 amide bonds. The lowest BCUT2D eigenvalue weighted by molar-refractivity contribution is -0.142. The Morgan fingerprint density at radius 3 is 2.54 bits per heavy atom. The molecule has 3 atom stereocenters. The summed E-state index contributed by atoms with van der Waals surface area (Å²) in [6.07, 6.45) is 4.17. The van der Waals surface area contributed by atoms with Gasteiger partial charge in [-0.3, -0.25) is 9.59 Å². The van der Waals surface area contributed by atoms with E-state index in [9.17, 15) is 14.0 Å². The van der Waals surface area contributed by atoms with E-state index < -0.39 is 12.3 Å². The van der Waals surface area contributed by atoms with E-state index in [0.717, 1.165) is 71.2 Å². The van der Waals surface area contributed by atoms with Gasteiger partial charge in [0.2, 0.25) is 0 Å². The van der Waals surface area contributed by atoms with Crippen LogP contribution in [0.15, 0.2) is 36.5 Å². The third kappa shape index (κ3) is 5.68. The van der Waals surface area contributed by atoms with Gasteiger partial charge in [-0.25, -0.2) is 13.3 Å². The second-order valence-corrected chi connectivity index (χ2v) is 13.5.